The summed E-state index contributed by atoms with van der Waals surface area (Å²) >= 11 is 0. The van der Waals surface area contributed by atoms with Crippen LogP contribution in [0.2, 0.25) is 0 Å². The number of piperidine rings is 1. The molecule has 1 fully saturated rings. The van der Waals surface area contributed by atoms with Crippen LogP contribution in [0.5, 0.6) is 0 Å². The smallest absolute Gasteiger partial charge is 0.251 e. The molecule has 0 aromatic heterocycles. The van der Waals surface area contributed by atoms with Gasteiger partial charge < -0.3 is 15.5 Å². The standard InChI is InChI=1S/C22H25N3O3/c1-25(2)20(26)13-15-8-10-16(11-9-15)17-5-3-6-18(14-17)21(27)24-19-7-4-12-23-22(19)28/h3,5-6,8-11,14,19H,4,7,12-13H2,1-2H3,(H,23,28)(H,24,27). The minimum Gasteiger partial charge on any atom is -0.354 e. The fourth-order valence-electron chi connectivity index (χ4n) is 3.14. The lowest BCUT2D eigenvalue weighted by Crippen LogP contribution is -2.50. The number of benzene rings is 2. The third kappa shape index (κ3) is 4.76. The Balaban J connectivity index is 1.71. The first-order valence-corrected chi connectivity index (χ1v) is 9.42. The van der Waals surface area contributed by atoms with Gasteiger partial charge in [0.2, 0.25) is 11.8 Å². The Hall–Kier alpha value is -3.15. The largest absolute Gasteiger partial charge is 0.354 e. The zero-order chi connectivity index (χ0) is 20.1. The summed E-state index contributed by atoms with van der Waals surface area (Å²) in [6.07, 6.45) is 1.88. The number of rotatable bonds is 5. The van der Waals surface area contributed by atoms with E-state index in [9.17, 15) is 14.4 Å². The van der Waals surface area contributed by atoms with E-state index in [1.807, 2.05) is 42.5 Å². The highest BCUT2D eigenvalue weighted by Gasteiger charge is 2.24. The molecule has 0 saturated carbocycles. The van der Waals surface area contributed by atoms with Gasteiger partial charge in [-0.1, -0.05) is 36.4 Å². The highest BCUT2D eigenvalue weighted by atomic mass is 16.2. The summed E-state index contributed by atoms with van der Waals surface area (Å²) in [6.45, 7) is 0.664. The zero-order valence-corrected chi connectivity index (χ0v) is 16.2. The van der Waals surface area contributed by atoms with Gasteiger partial charge in [0.1, 0.15) is 6.04 Å². The molecule has 1 heterocycles. The van der Waals surface area contributed by atoms with E-state index in [2.05, 4.69) is 10.6 Å². The van der Waals surface area contributed by atoms with Crippen molar-refractivity contribution in [3.8, 4) is 11.1 Å². The van der Waals surface area contributed by atoms with Gasteiger partial charge in [0.05, 0.1) is 6.42 Å². The first-order chi connectivity index (χ1) is 13.4. The lowest BCUT2D eigenvalue weighted by Gasteiger charge is -2.22. The monoisotopic (exact) mass is 379 g/mol. The lowest BCUT2D eigenvalue weighted by molar-refractivity contribution is -0.128. The van der Waals surface area contributed by atoms with Gasteiger partial charge in [-0.25, -0.2) is 0 Å². The number of hydrogen-bond acceptors (Lipinski definition) is 3. The van der Waals surface area contributed by atoms with Crippen LogP contribution in [0.1, 0.15) is 28.8 Å². The summed E-state index contributed by atoms with van der Waals surface area (Å²) in [5.74, 6) is -0.325. The van der Waals surface area contributed by atoms with E-state index in [0.717, 1.165) is 23.1 Å². The number of carbonyl (C=O) groups excluding carboxylic acids is 3. The molecule has 6 heteroatoms. The van der Waals surface area contributed by atoms with E-state index in [-0.39, 0.29) is 17.7 Å². The molecule has 6 nitrogen and oxygen atoms in total. The Bertz CT molecular complexity index is 875. The van der Waals surface area contributed by atoms with E-state index in [1.165, 1.54) is 0 Å². The van der Waals surface area contributed by atoms with Crippen molar-refractivity contribution in [1.82, 2.24) is 15.5 Å². The third-order valence-corrected chi connectivity index (χ3v) is 4.86. The average Bonchev–Trinajstić information content (AvgIpc) is 2.70. The van der Waals surface area contributed by atoms with Crippen LogP contribution < -0.4 is 10.6 Å². The molecule has 1 aliphatic rings. The van der Waals surface area contributed by atoms with Crippen molar-refractivity contribution in [1.29, 1.82) is 0 Å². The molecule has 28 heavy (non-hydrogen) atoms. The molecular weight excluding hydrogens is 354 g/mol. The molecule has 2 aromatic carbocycles. The molecule has 3 rings (SSSR count). The molecule has 0 aliphatic carbocycles. The molecule has 3 amide bonds. The summed E-state index contributed by atoms with van der Waals surface area (Å²) in [4.78, 5) is 37.8. The minimum atomic E-state index is -0.474. The molecule has 2 N–H and O–H groups in total. The Morgan fingerprint density at radius 1 is 1.11 bits per heavy atom. The Labute approximate surface area is 164 Å². The van der Waals surface area contributed by atoms with Crippen molar-refractivity contribution in [2.75, 3.05) is 20.6 Å². The van der Waals surface area contributed by atoms with E-state index in [1.54, 1.807) is 25.1 Å². The molecule has 0 radical (unpaired) electrons. The Kier molecular flexibility index (Phi) is 6.09. The fraction of sp³-hybridized carbons (Fsp3) is 0.318. The number of nitrogens with one attached hydrogen (secondary N) is 2. The molecule has 1 atom stereocenters. The second kappa shape index (κ2) is 8.69. The third-order valence-electron chi connectivity index (χ3n) is 4.86. The highest BCUT2D eigenvalue weighted by Crippen LogP contribution is 2.21. The summed E-state index contributed by atoms with van der Waals surface area (Å²) in [7, 11) is 3.48. The molecule has 0 bridgehead atoms. The van der Waals surface area contributed by atoms with Gasteiger partial charge in [0.25, 0.3) is 5.91 Å². The number of hydrogen-bond donors (Lipinski definition) is 2. The maximum Gasteiger partial charge on any atom is 0.251 e. The second-order valence-electron chi connectivity index (χ2n) is 7.20. The quantitative estimate of drug-likeness (QED) is 0.834. The van der Waals surface area contributed by atoms with Crippen molar-refractivity contribution in [3.63, 3.8) is 0 Å². The second-order valence-corrected chi connectivity index (χ2v) is 7.20. The number of amides is 3. The normalized spacial score (nSPS) is 16.2. The van der Waals surface area contributed by atoms with Crippen LogP contribution in [-0.4, -0.2) is 49.3 Å². The molecule has 1 saturated heterocycles. The maximum atomic E-state index is 12.5. The van der Waals surface area contributed by atoms with Gasteiger partial charge in [-0.15, -0.1) is 0 Å². The predicted molar refractivity (Wildman–Crippen MR) is 108 cm³/mol. The van der Waals surface area contributed by atoms with Crippen molar-refractivity contribution < 1.29 is 14.4 Å². The van der Waals surface area contributed by atoms with E-state index in [4.69, 9.17) is 0 Å². The molecule has 146 valence electrons. The highest BCUT2D eigenvalue weighted by molar-refractivity contribution is 5.98. The van der Waals surface area contributed by atoms with Gasteiger partial charge in [0.15, 0.2) is 0 Å². The van der Waals surface area contributed by atoms with Crippen molar-refractivity contribution in [2.45, 2.75) is 25.3 Å². The van der Waals surface area contributed by atoms with Gasteiger partial charge >= 0.3 is 0 Å². The molecule has 2 aromatic rings. The van der Waals surface area contributed by atoms with E-state index < -0.39 is 6.04 Å². The van der Waals surface area contributed by atoms with Crippen molar-refractivity contribution in [3.05, 3.63) is 59.7 Å². The van der Waals surface area contributed by atoms with Gasteiger partial charge in [-0.2, -0.15) is 0 Å². The van der Waals surface area contributed by atoms with Crippen LogP contribution in [-0.2, 0) is 16.0 Å². The zero-order valence-electron chi connectivity index (χ0n) is 16.2. The minimum absolute atomic E-state index is 0.0539. The topological polar surface area (TPSA) is 78.5 Å². The fourth-order valence-corrected chi connectivity index (χ4v) is 3.14. The van der Waals surface area contributed by atoms with Crippen LogP contribution in [0.15, 0.2) is 48.5 Å². The lowest BCUT2D eigenvalue weighted by atomic mass is 10.00. The van der Waals surface area contributed by atoms with Crippen LogP contribution in [0.3, 0.4) is 0 Å². The van der Waals surface area contributed by atoms with E-state index in [0.29, 0.717) is 24.9 Å². The average molecular weight is 379 g/mol. The summed E-state index contributed by atoms with van der Waals surface area (Å²) in [5, 5.41) is 5.58. The summed E-state index contributed by atoms with van der Waals surface area (Å²) in [5.41, 5.74) is 3.33. The van der Waals surface area contributed by atoms with Crippen LogP contribution >= 0.6 is 0 Å². The molecular formula is C22H25N3O3. The number of carbonyl (C=O) groups is 3. The number of likely N-dealkylation sites (N-methyl/N-ethyl adjacent to an activating group) is 1. The number of nitrogens with zero attached hydrogens (tertiary/aromatic N) is 1. The maximum absolute atomic E-state index is 12.5. The van der Waals surface area contributed by atoms with Gasteiger partial charge in [-0.05, 0) is 41.7 Å². The van der Waals surface area contributed by atoms with Gasteiger partial charge in [0, 0.05) is 26.2 Å². The summed E-state index contributed by atoms with van der Waals surface area (Å²) < 4.78 is 0. The van der Waals surface area contributed by atoms with Crippen LogP contribution in [0.25, 0.3) is 11.1 Å². The van der Waals surface area contributed by atoms with Gasteiger partial charge in [-0.3, -0.25) is 14.4 Å². The molecule has 1 aliphatic heterocycles. The van der Waals surface area contributed by atoms with Crippen LogP contribution in [0, 0.1) is 0 Å². The first-order valence-electron chi connectivity index (χ1n) is 9.42. The van der Waals surface area contributed by atoms with Crippen molar-refractivity contribution >= 4 is 17.7 Å². The van der Waals surface area contributed by atoms with E-state index >= 15 is 0 Å². The first kappa shape index (κ1) is 19.6. The Morgan fingerprint density at radius 2 is 1.86 bits per heavy atom. The SMILES string of the molecule is CN(C)C(=O)Cc1ccc(-c2cccc(C(=O)NC3CCCNC3=O)c2)cc1. The van der Waals surface area contributed by atoms with Crippen LogP contribution in [0.4, 0.5) is 0 Å². The Morgan fingerprint density at radius 3 is 2.54 bits per heavy atom. The molecule has 1 unspecified atom stereocenters. The predicted octanol–water partition coefficient (Wildman–Crippen LogP) is 1.99. The molecule has 0 spiro atoms. The summed E-state index contributed by atoms with van der Waals surface area (Å²) in [6, 6.07) is 14.6. The van der Waals surface area contributed by atoms with Crippen molar-refractivity contribution in [2.24, 2.45) is 0 Å².